The lowest BCUT2D eigenvalue weighted by atomic mass is 10.0. The van der Waals surface area contributed by atoms with Crippen LogP contribution in [0.4, 0.5) is 4.39 Å². The van der Waals surface area contributed by atoms with E-state index in [0.717, 1.165) is 47.8 Å². The van der Waals surface area contributed by atoms with Crippen molar-refractivity contribution in [2.75, 3.05) is 6.54 Å². The van der Waals surface area contributed by atoms with Gasteiger partial charge in [0.2, 0.25) is 0 Å². The van der Waals surface area contributed by atoms with Gasteiger partial charge in [0.25, 0.3) is 5.91 Å². The van der Waals surface area contributed by atoms with Crippen LogP contribution in [0.15, 0.2) is 66.2 Å². The van der Waals surface area contributed by atoms with Crippen molar-refractivity contribution >= 4 is 17.2 Å². The monoisotopic (exact) mass is 446 g/mol. The summed E-state index contributed by atoms with van der Waals surface area (Å²) in [5.41, 5.74) is 3.15. The number of H-pyrrole nitrogens is 1. The molecule has 1 aliphatic rings. The second-order valence-electron chi connectivity index (χ2n) is 7.99. The number of hydrogen-bond donors (Lipinski definition) is 1. The van der Waals surface area contributed by atoms with Crippen molar-refractivity contribution in [3.05, 3.63) is 94.1 Å². The lowest BCUT2D eigenvalue weighted by Crippen LogP contribution is -2.39. The number of benzene rings is 2. The van der Waals surface area contributed by atoms with Crippen LogP contribution in [0.3, 0.4) is 0 Å². The first-order valence-electron chi connectivity index (χ1n) is 10.8. The fourth-order valence-corrected chi connectivity index (χ4v) is 4.98. The highest BCUT2D eigenvalue weighted by Gasteiger charge is 2.31. The van der Waals surface area contributed by atoms with Crippen LogP contribution in [0.5, 0.6) is 0 Å². The van der Waals surface area contributed by atoms with Crippen LogP contribution < -0.4 is 0 Å². The molecule has 1 unspecified atom stereocenters. The van der Waals surface area contributed by atoms with Crippen molar-refractivity contribution in [1.82, 2.24) is 19.9 Å². The second-order valence-corrected chi connectivity index (χ2v) is 8.93. The van der Waals surface area contributed by atoms with E-state index in [1.54, 1.807) is 12.3 Å². The molecule has 1 atom stereocenters. The number of imidazole rings is 1. The average Bonchev–Trinajstić information content (AvgIpc) is 3.50. The lowest BCUT2D eigenvalue weighted by molar-refractivity contribution is 0.0595. The third kappa shape index (κ3) is 4.34. The van der Waals surface area contributed by atoms with E-state index < -0.39 is 0 Å². The number of halogens is 1. The summed E-state index contributed by atoms with van der Waals surface area (Å²) in [6.45, 7) is 0.672. The van der Waals surface area contributed by atoms with E-state index in [1.807, 2.05) is 34.5 Å². The number of piperidine rings is 1. The first-order valence-corrected chi connectivity index (χ1v) is 11.7. The van der Waals surface area contributed by atoms with Crippen molar-refractivity contribution in [3.63, 3.8) is 0 Å². The number of carbonyl (C=O) groups excluding carboxylic acids is 1. The van der Waals surface area contributed by atoms with E-state index >= 15 is 0 Å². The summed E-state index contributed by atoms with van der Waals surface area (Å²) in [5.74, 6) is 0.383. The van der Waals surface area contributed by atoms with Gasteiger partial charge in [-0.2, -0.15) is 0 Å². The average molecular weight is 447 g/mol. The van der Waals surface area contributed by atoms with Crippen LogP contribution >= 0.6 is 11.3 Å². The van der Waals surface area contributed by atoms with Gasteiger partial charge in [0.1, 0.15) is 17.3 Å². The molecule has 7 heteroatoms. The minimum atomic E-state index is -0.289. The van der Waals surface area contributed by atoms with E-state index in [4.69, 9.17) is 0 Å². The number of nitrogens with one attached hydrogen (secondary N) is 1. The summed E-state index contributed by atoms with van der Waals surface area (Å²) in [7, 11) is 0. The molecule has 0 radical (unpaired) electrons. The SMILES string of the molecule is O=C(c1csc(Cc2ccccc2)n1)N1CCCCC1c1ncc(-c2cccc(F)c2)[nH]1. The zero-order valence-electron chi connectivity index (χ0n) is 17.5. The molecule has 2 aromatic carbocycles. The molecule has 5 rings (SSSR count). The first kappa shape index (κ1) is 20.6. The molecule has 5 nitrogen and oxygen atoms in total. The Bertz CT molecular complexity index is 1220. The van der Waals surface area contributed by atoms with Gasteiger partial charge in [-0.3, -0.25) is 4.79 Å². The van der Waals surface area contributed by atoms with Gasteiger partial charge in [0.15, 0.2) is 0 Å². The summed E-state index contributed by atoms with van der Waals surface area (Å²) >= 11 is 1.52. The highest BCUT2D eigenvalue weighted by Crippen LogP contribution is 2.32. The third-order valence-electron chi connectivity index (χ3n) is 5.78. The van der Waals surface area contributed by atoms with E-state index in [1.165, 1.54) is 29.0 Å². The van der Waals surface area contributed by atoms with Gasteiger partial charge in [0.05, 0.1) is 22.9 Å². The Morgan fingerprint density at radius 2 is 2.03 bits per heavy atom. The Labute approximate surface area is 190 Å². The molecular weight excluding hydrogens is 423 g/mol. The van der Waals surface area contributed by atoms with Crippen molar-refractivity contribution in [3.8, 4) is 11.3 Å². The molecule has 0 saturated carbocycles. The molecule has 1 amide bonds. The smallest absolute Gasteiger partial charge is 0.273 e. The maximum atomic E-state index is 13.6. The Morgan fingerprint density at radius 1 is 1.16 bits per heavy atom. The van der Waals surface area contributed by atoms with E-state index in [9.17, 15) is 9.18 Å². The maximum absolute atomic E-state index is 13.6. The van der Waals surface area contributed by atoms with Gasteiger partial charge in [-0.05, 0) is 37.0 Å². The first-order chi connectivity index (χ1) is 15.7. The molecule has 3 heterocycles. The standard InChI is InChI=1S/C25H23FN4OS/c26-19-10-6-9-18(14-19)20-15-27-24(29-20)22-11-4-5-12-30(22)25(31)21-16-32-23(28-21)13-17-7-2-1-3-8-17/h1-3,6-10,14-16,22H,4-5,11-13H2,(H,27,29). The summed E-state index contributed by atoms with van der Waals surface area (Å²) in [4.78, 5) is 27.7. The Hall–Kier alpha value is -3.32. The van der Waals surface area contributed by atoms with E-state index in [2.05, 4.69) is 27.1 Å². The number of hydrogen-bond acceptors (Lipinski definition) is 4. The number of aromatic amines is 1. The van der Waals surface area contributed by atoms with Gasteiger partial charge in [-0.25, -0.2) is 14.4 Å². The molecule has 4 aromatic rings. The number of thiazole rings is 1. The Morgan fingerprint density at radius 3 is 2.88 bits per heavy atom. The van der Waals surface area contributed by atoms with Crippen molar-refractivity contribution in [1.29, 1.82) is 0 Å². The molecule has 1 aliphatic heterocycles. The van der Waals surface area contributed by atoms with Crippen LogP contribution in [0.25, 0.3) is 11.3 Å². The molecule has 32 heavy (non-hydrogen) atoms. The van der Waals surface area contributed by atoms with Crippen LogP contribution in [0, 0.1) is 5.82 Å². The molecule has 162 valence electrons. The van der Waals surface area contributed by atoms with Crippen LogP contribution in [0.1, 0.15) is 52.2 Å². The highest BCUT2D eigenvalue weighted by molar-refractivity contribution is 7.09. The highest BCUT2D eigenvalue weighted by atomic mass is 32.1. The summed E-state index contributed by atoms with van der Waals surface area (Å²) in [6, 6.07) is 16.4. The number of carbonyl (C=O) groups is 1. The van der Waals surface area contributed by atoms with Crippen molar-refractivity contribution in [2.45, 2.75) is 31.7 Å². The molecule has 0 aliphatic carbocycles. The minimum Gasteiger partial charge on any atom is -0.340 e. The van der Waals surface area contributed by atoms with Gasteiger partial charge >= 0.3 is 0 Å². The zero-order chi connectivity index (χ0) is 21.9. The molecule has 0 spiro atoms. The van der Waals surface area contributed by atoms with E-state index in [-0.39, 0.29) is 17.8 Å². The Balaban J connectivity index is 1.35. The van der Waals surface area contributed by atoms with E-state index in [0.29, 0.717) is 12.2 Å². The van der Waals surface area contributed by atoms with Crippen molar-refractivity contribution < 1.29 is 9.18 Å². The number of likely N-dealkylation sites (tertiary alicyclic amines) is 1. The lowest BCUT2D eigenvalue weighted by Gasteiger charge is -2.34. The quantitative estimate of drug-likeness (QED) is 0.432. The topological polar surface area (TPSA) is 61.9 Å². The fourth-order valence-electron chi connectivity index (χ4n) is 4.18. The molecule has 0 bridgehead atoms. The van der Waals surface area contributed by atoms with Gasteiger partial charge < -0.3 is 9.88 Å². The van der Waals surface area contributed by atoms with Crippen LogP contribution in [-0.2, 0) is 6.42 Å². The summed E-state index contributed by atoms with van der Waals surface area (Å²) < 4.78 is 13.6. The predicted molar refractivity (Wildman–Crippen MR) is 123 cm³/mol. The molecule has 1 saturated heterocycles. The predicted octanol–water partition coefficient (Wildman–Crippen LogP) is 5.63. The molecule has 1 fully saturated rings. The largest absolute Gasteiger partial charge is 0.340 e. The number of nitrogens with zero attached hydrogens (tertiary/aromatic N) is 3. The normalized spacial score (nSPS) is 16.3. The maximum Gasteiger partial charge on any atom is 0.273 e. The van der Waals surface area contributed by atoms with Gasteiger partial charge in [0, 0.05) is 23.9 Å². The Kier molecular flexibility index (Phi) is 5.81. The molecule has 2 aromatic heterocycles. The second kappa shape index (κ2) is 9.04. The third-order valence-corrected chi connectivity index (χ3v) is 6.63. The van der Waals surface area contributed by atoms with Gasteiger partial charge in [-0.1, -0.05) is 42.5 Å². The number of aromatic nitrogens is 3. The molecular formula is C25H23FN4OS. The minimum absolute atomic E-state index is 0.0611. The summed E-state index contributed by atoms with van der Waals surface area (Å²) in [6.07, 6.45) is 5.25. The fraction of sp³-hybridized carbons (Fsp3) is 0.240. The van der Waals surface area contributed by atoms with Crippen LogP contribution in [-0.4, -0.2) is 32.3 Å². The zero-order valence-corrected chi connectivity index (χ0v) is 18.3. The van der Waals surface area contributed by atoms with Gasteiger partial charge in [-0.15, -0.1) is 11.3 Å². The molecule has 1 N–H and O–H groups in total. The van der Waals surface area contributed by atoms with Crippen LogP contribution in [0.2, 0.25) is 0 Å². The summed E-state index contributed by atoms with van der Waals surface area (Å²) in [5, 5.41) is 2.78. The van der Waals surface area contributed by atoms with Crippen molar-refractivity contribution in [2.24, 2.45) is 0 Å². The number of amides is 1. The number of rotatable bonds is 5.